The van der Waals surface area contributed by atoms with Crippen molar-refractivity contribution in [3.8, 4) is 0 Å². The summed E-state index contributed by atoms with van der Waals surface area (Å²) in [6, 6.07) is 0. The topological polar surface area (TPSA) is 32.7 Å². The average molecular weight is 196 g/mol. The lowest BCUT2D eigenvalue weighted by Crippen LogP contribution is -2.27. The van der Waals surface area contributed by atoms with Gasteiger partial charge in [-0.05, 0) is 32.6 Å². The summed E-state index contributed by atoms with van der Waals surface area (Å²) in [5, 5.41) is 6.39. The van der Waals surface area contributed by atoms with E-state index in [0.717, 1.165) is 19.5 Å². The molecule has 1 saturated heterocycles. The lowest BCUT2D eigenvalue weighted by atomic mass is 10.1. The molecule has 0 bridgehead atoms. The van der Waals surface area contributed by atoms with Gasteiger partial charge in [-0.2, -0.15) is 5.10 Å². The number of rotatable bonds is 4. The van der Waals surface area contributed by atoms with E-state index in [1.807, 2.05) is 18.9 Å². The first-order chi connectivity index (χ1) is 6.74. The summed E-state index contributed by atoms with van der Waals surface area (Å²) >= 11 is 0. The van der Waals surface area contributed by atoms with Crippen molar-refractivity contribution in [3.05, 3.63) is 0 Å². The molecule has 0 aromatic heterocycles. The molecule has 0 unspecified atom stereocenters. The van der Waals surface area contributed by atoms with Gasteiger partial charge in [-0.25, -0.2) is 0 Å². The first kappa shape index (κ1) is 11.2. The molecule has 1 aliphatic heterocycles. The third kappa shape index (κ3) is 3.48. The molecule has 1 aliphatic rings. The van der Waals surface area contributed by atoms with Crippen molar-refractivity contribution in [3.63, 3.8) is 0 Å². The summed E-state index contributed by atoms with van der Waals surface area (Å²) in [5.41, 5.74) is 0.675. The summed E-state index contributed by atoms with van der Waals surface area (Å²) in [5.74, 6) is 0.193. The Bertz CT molecular complexity index is 217. The van der Waals surface area contributed by atoms with Gasteiger partial charge in [-0.3, -0.25) is 9.80 Å². The third-order valence-corrected chi connectivity index (χ3v) is 2.50. The fourth-order valence-electron chi connectivity index (χ4n) is 1.65. The van der Waals surface area contributed by atoms with Crippen LogP contribution in [0.25, 0.3) is 0 Å². The zero-order valence-electron chi connectivity index (χ0n) is 9.25. The average Bonchev–Trinajstić information content (AvgIpc) is 2.19. The van der Waals surface area contributed by atoms with Crippen molar-refractivity contribution >= 4 is 11.5 Å². The summed E-state index contributed by atoms with van der Waals surface area (Å²) in [7, 11) is 0. The summed E-state index contributed by atoms with van der Waals surface area (Å²) in [4.78, 5) is 11.5. The second kappa shape index (κ2) is 5.78. The van der Waals surface area contributed by atoms with Crippen LogP contribution in [-0.4, -0.2) is 29.6 Å². The van der Waals surface area contributed by atoms with E-state index in [2.05, 4.69) is 5.10 Å². The fraction of sp³-hybridized carbons (Fsp3) is 0.818. The van der Waals surface area contributed by atoms with Crippen molar-refractivity contribution in [1.82, 2.24) is 5.01 Å². The minimum Gasteiger partial charge on any atom is -0.297 e. The first-order valence-electron chi connectivity index (χ1n) is 5.57. The van der Waals surface area contributed by atoms with Crippen LogP contribution in [0.1, 0.15) is 46.0 Å². The Labute approximate surface area is 86.2 Å². The number of hydrogen-bond donors (Lipinski definition) is 0. The van der Waals surface area contributed by atoms with Crippen molar-refractivity contribution in [1.29, 1.82) is 0 Å². The highest BCUT2D eigenvalue weighted by Crippen LogP contribution is 2.09. The smallest absolute Gasteiger partial charge is 0.178 e. The number of ketones is 1. The second-order valence-corrected chi connectivity index (χ2v) is 3.87. The molecule has 0 spiro atoms. The molecule has 0 saturated carbocycles. The molecule has 0 aromatic rings. The van der Waals surface area contributed by atoms with Gasteiger partial charge in [0.25, 0.3) is 0 Å². The van der Waals surface area contributed by atoms with E-state index in [-0.39, 0.29) is 5.78 Å². The molecule has 80 valence electrons. The van der Waals surface area contributed by atoms with E-state index in [0.29, 0.717) is 12.1 Å². The van der Waals surface area contributed by atoms with Crippen LogP contribution in [-0.2, 0) is 4.79 Å². The third-order valence-electron chi connectivity index (χ3n) is 2.50. The van der Waals surface area contributed by atoms with Crippen LogP contribution < -0.4 is 0 Å². The summed E-state index contributed by atoms with van der Waals surface area (Å²) < 4.78 is 0. The molecule has 1 fully saturated rings. The van der Waals surface area contributed by atoms with E-state index >= 15 is 0 Å². The number of nitrogens with zero attached hydrogens (tertiary/aromatic N) is 2. The predicted molar refractivity (Wildman–Crippen MR) is 58.4 cm³/mol. The molecule has 0 amide bonds. The van der Waals surface area contributed by atoms with Gasteiger partial charge < -0.3 is 0 Å². The standard InChI is InChI=1S/C11H20N2O/c1-3-7-11(14)10(2)12-13-8-5-4-6-9-13/h3-9H2,1-2H3. The van der Waals surface area contributed by atoms with Gasteiger partial charge in [-0.15, -0.1) is 0 Å². The molecule has 0 aromatic carbocycles. The zero-order chi connectivity index (χ0) is 10.4. The molecule has 14 heavy (non-hydrogen) atoms. The van der Waals surface area contributed by atoms with Crippen LogP contribution in [0.4, 0.5) is 0 Å². The molecule has 3 nitrogen and oxygen atoms in total. The quantitative estimate of drug-likeness (QED) is 0.646. The predicted octanol–water partition coefficient (Wildman–Crippen LogP) is 2.22. The Balaban J connectivity index is 2.44. The Morgan fingerprint density at radius 2 is 1.93 bits per heavy atom. The highest BCUT2D eigenvalue weighted by atomic mass is 16.1. The normalized spacial score (nSPS) is 18.4. The van der Waals surface area contributed by atoms with Gasteiger partial charge in [0.2, 0.25) is 0 Å². The zero-order valence-corrected chi connectivity index (χ0v) is 9.25. The Morgan fingerprint density at radius 1 is 1.29 bits per heavy atom. The van der Waals surface area contributed by atoms with Gasteiger partial charge in [0.1, 0.15) is 5.71 Å². The number of piperidine rings is 1. The molecule has 3 heteroatoms. The molecule has 1 heterocycles. The number of hydrogen-bond acceptors (Lipinski definition) is 3. The van der Waals surface area contributed by atoms with Crippen molar-refractivity contribution in [2.24, 2.45) is 5.10 Å². The highest BCUT2D eigenvalue weighted by Gasteiger charge is 2.10. The van der Waals surface area contributed by atoms with Gasteiger partial charge in [0.05, 0.1) is 0 Å². The van der Waals surface area contributed by atoms with Crippen LogP contribution in [0, 0.1) is 0 Å². The highest BCUT2D eigenvalue weighted by molar-refractivity contribution is 6.38. The van der Waals surface area contributed by atoms with Crippen LogP contribution in [0.15, 0.2) is 5.10 Å². The van der Waals surface area contributed by atoms with Gasteiger partial charge >= 0.3 is 0 Å². The van der Waals surface area contributed by atoms with Crippen LogP contribution in [0.2, 0.25) is 0 Å². The van der Waals surface area contributed by atoms with Crippen LogP contribution >= 0.6 is 0 Å². The van der Waals surface area contributed by atoms with E-state index in [1.165, 1.54) is 19.3 Å². The molecule has 0 atom stereocenters. The second-order valence-electron chi connectivity index (χ2n) is 3.87. The van der Waals surface area contributed by atoms with Crippen LogP contribution in [0.5, 0.6) is 0 Å². The molecular weight excluding hydrogens is 176 g/mol. The SMILES string of the molecule is CCCC(=O)C(C)=NN1CCCCC1. The minimum atomic E-state index is 0.193. The number of Topliss-reactive ketones (excluding diaryl/α,β-unsaturated/α-hetero) is 1. The lowest BCUT2D eigenvalue weighted by molar-refractivity contribution is -0.113. The van der Waals surface area contributed by atoms with Crippen LogP contribution in [0.3, 0.4) is 0 Å². The van der Waals surface area contributed by atoms with Gasteiger partial charge in [0, 0.05) is 19.5 Å². The fourth-order valence-corrected chi connectivity index (χ4v) is 1.65. The number of carbonyl (C=O) groups excluding carboxylic acids is 1. The number of hydrazone groups is 1. The first-order valence-corrected chi connectivity index (χ1v) is 5.57. The van der Waals surface area contributed by atoms with Crippen molar-refractivity contribution in [2.75, 3.05) is 13.1 Å². The lowest BCUT2D eigenvalue weighted by Gasteiger charge is -2.24. The Hall–Kier alpha value is -0.860. The Morgan fingerprint density at radius 3 is 2.50 bits per heavy atom. The minimum absolute atomic E-state index is 0.193. The number of carbonyl (C=O) groups is 1. The summed E-state index contributed by atoms with van der Waals surface area (Å²) in [6.45, 7) is 5.87. The van der Waals surface area contributed by atoms with Gasteiger partial charge in [-0.1, -0.05) is 6.92 Å². The molecule has 1 rings (SSSR count). The monoisotopic (exact) mass is 196 g/mol. The molecule has 0 radical (unpaired) electrons. The maximum Gasteiger partial charge on any atom is 0.178 e. The molecular formula is C11H20N2O. The Kier molecular flexibility index (Phi) is 4.63. The maximum absolute atomic E-state index is 11.5. The van der Waals surface area contributed by atoms with E-state index in [9.17, 15) is 4.79 Å². The molecule has 0 aliphatic carbocycles. The largest absolute Gasteiger partial charge is 0.297 e. The van der Waals surface area contributed by atoms with Crippen molar-refractivity contribution in [2.45, 2.75) is 46.0 Å². The van der Waals surface area contributed by atoms with E-state index in [1.54, 1.807) is 0 Å². The van der Waals surface area contributed by atoms with E-state index < -0.39 is 0 Å². The molecule has 0 N–H and O–H groups in total. The van der Waals surface area contributed by atoms with Gasteiger partial charge in [0.15, 0.2) is 5.78 Å². The van der Waals surface area contributed by atoms with E-state index in [4.69, 9.17) is 0 Å². The maximum atomic E-state index is 11.5. The van der Waals surface area contributed by atoms with Crippen molar-refractivity contribution < 1.29 is 4.79 Å². The summed E-state index contributed by atoms with van der Waals surface area (Å²) in [6.07, 6.45) is 5.25.